The number of hydrogen-bond acceptors (Lipinski definition) is 3. The van der Waals surface area contributed by atoms with E-state index in [1.807, 2.05) is 62.4 Å². The van der Waals surface area contributed by atoms with E-state index >= 15 is 0 Å². The van der Waals surface area contributed by atoms with E-state index in [1.54, 1.807) is 7.11 Å². The molecule has 2 aromatic rings. The Morgan fingerprint density at radius 2 is 1.78 bits per heavy atom. The standard InChI is InChI=1S/C21H28N4O2/c1-4-22-21(25-15-17-8-10-19(27-3)11-9-17)24-13-12-23-20(26)18-7-5-6-16(2)14-18/h5-11,14H,4,12-13,15H2,1-3H3,(H,23,26)(H2,22,24,25). The lowest BCUT2D eigenvalue weighted by Gasteiger charge is -2.12. The molecule has 2 aromatic carbocycles. The molecule has 0 spiro atoms. The minimum Gasteiger partial charge on any atom is -0.497 e. The fourth-order valence-electron chi connectivity index (χ4n) is 2.49. The van der Waals surface area contributed by atoms with Crippen LogP contribution in [0.5, 0.6) is 5.75 Å². The minimum absolute atomic E-state index is 0.0688. The second kappa shape index (κ2) is 10.9. The van der Waals surface area contributed by atoms with Crippen molar-refractivity contribution < 1.29 is 9.53 Å². The number of amides is 1. The summed E-state index contributed by atoms with van der Waals surface area (Å²) in [6, 6.07) is 15.4. The molecule has 0 aliphatic rings. The van der Waals surface area contributed by atoms with Gasteiger partial charge in [0.05, 0.1) is 13.7 Å². The van der Waals surface area contributed by atoms with E-state index < -0.39 is 0 Å². The highest BCUT2D eigenvalue weighted by molar-refractivity contribution is 5.94. The number of hydrogen-bond donors (Lipinski definition) is 3. The fourth-order valence-corrected chi connectivity index (χ4v) is 2.49. The zero-order valence-corrected chi connectivity index (χ0v) is 16.2. The van der Waals surface area contributed by atoms with E-state index in [-0.39, 0.29) is 5.91 Å². The van der Waals surface area contributed by atoms with Gasteiger partial charge in [-0.25, -0.2) is 4.99 Å². The molecule has 0 unspecified atom stereocenters. The molecule has 6 heteroatoms. The maximum atomic E-state index is 12.1. The van der Waals surface area contributed by atoms with Crippen LogP contribution in [-0.2, 0) is 6.54 Å². The number of nitrogens with zero attached hydrogens (tertiary/aromatic N) is 1. The second-order valence-corrected chi connectivity index (χ2v) is 6.10. The van der Waals surface area contributed by atoms with Gasteiger partial charge < -0.3 is 20.7 Å². The number of methoxy groups -OCH3 is 1. The van der Waals surface area contributed by atoms with Crippen molar-refractivity contribution in [3.63, 3.8) is 0 Å². The molecule has 0 heterocycles. The Bertz CT molecular complexity index is 757. The smallest absolute Gasteiger partial charge is 0.251 e. The van der Waals surface area contributed by atoms with Crippen LogP contribution in [0.1, 0.15) is 28.4 Å². The quantitative estimate of drug-likeness (QED) is 0.380. The van der Waals surface area contributed by atoms with Crippen molar-refractivity contribution in [2.24, 2.45) is 4.99 Å². The third-order valence-corrected chi connectivity index (χ3v) is 3.91. The van der Waals surface area contributed by atoms with Crippen LogP contribution in [0, 0.1) is 6.92 Å². The van der Waals surface area contributed by atoms with Gasteiger partial charge in [0.15, 0.2) is 5.96 Å². The summed E-state index contributed by atoms with van der Waals surface area (Å²) in [5.74, 6) is 1.48. The normalized spacial score (nSPS) is 11.0. The molecule has 27 heavy (non-hydrogen) atoms. The van der Waals surface area contributed by atoms with Crippen molar-refractivity contribution in [1.82, 2.24) is 16.0 Å². The maximum absolute atomic E-state index is 12.1. The van der Waals surface area contributed by atoms with Gasteiger partial charge in [-0.05, 0) is 43.7 Å². The molecule has 3 N–H and O–H groups in total. The van der Waals surface area contributed by atoms with E-state index in [0.29, 0.717) is 25.2 Å². The van der Waals surface area contributed by atoms with Crippen molar-refractivity contribution in [1.29, 1.82) is 0 Å². The first kappa shape index (κ1) is 20.3. The Balaban J connectivity index is 1.80. The molecule has 0 fully saturated rings. The summed E-state index contributed by atoms with van der Waals surface area (Å²) in [5.41, 5.74) is 2.84. The van der Waals surface area contributed by atoms with E-state index in [4.69, 9.17) is 4.74 Å². The maximum Gasteiger partial charge on any atom is 0.251 e. The third kappa shape index (κ3) is 7.01. The number of carbonyl (C=O) groups is 1. The van der Waals surface area contributed by atoms with Gasteiger partial charge in [-0.2, -0.15) is 0 Å². The number of nitrogens with one attached hydrogen (secondary N) is 3. The average Bonchev–Trinajstić information content (AvgIpc) is 2.69. The summed E-state index contributed by atoms with van der Waals surface area (Å²) in [5, 5.41) is 9.35. The van der Waals surface area contributed by atoms with Gasteiger partial charge in [-0.3, -0.25) is 4.79 Å². The summed E-state index contributed by atoms with van der Waals surface area (Å²) in [6.45, 7) is 6.43. The van der Waals surface area contributed by atoms with E-state index in [9.17, 15) is 4.79 Å². The molecule has 0 saturated heterocycles. The van der Waals surface area contributed by atoms with E-state index in [1.165, 1.54) is 0 Å². The van der Waals surface area contributed by atoms with Crippen molar-refractivity contribution in [3.8, 4) is 5.75 Å². The highest BCUT2D eigenvalue weighted by Crippen LogP contribution is 2.11. The van der Waals surface area contributed by atoms with E-state index in [2.05, 4.69) is 20.9 Å². The predicted octanol–water partition coefficient (Wildman–Crippen LogP) is 2.49. The molecule has 0 aliphatic carbocycles. The van der Waals surface area contributed by atoms with Crippen LogP contribution in [0.4, 0.5) is 0 Å². The number of rotatable bonds is 8. The van der Waals surface area contributed by atoms with Gasteiger partial charge in [0.1, 0.15) is 5.75 Å². The molecular formula is C21H28N4O2. The summed E-state index contributed by atoms with van der Waals surface area (Å²) in [7, 11) is 1.65. The Morgan fingerprint density at radius 1 is 1.04 bits per heavy atom. The third-order valence-electron chi connectivity index (χ3n) is 3.91. The molecule has 0 atom stereocenters. The van der Waals surface area contributed by atoms with Crippen LogP contribution in [0.15, 0.2) is 53.5 Å². The predicted molar refractivity (Wildman–Crippen MR) is 109 cm³/mol. The summed E-state index contributed by atoms with van der Waals surface area (Å²) >= 11 is 0. The van der Waals surface area contributed by atoms with Gasteiger partial charge >= 0.3 is 0 Å². The average molecular weight is 368 g/mol. The first-order chi connectivity index (χ1) is 13.1. The lowest BCUT2D eigenvalue weighted by atomic mass is 10.1. The lowest BCUT2D eigenvalue weighted by molar-refractivity contribution is 0.0954. The Hall–Kier alpha value is -3.02. The Kier molecular flexibility index (Phi) is 8.16. The largest absolute Gasteiger partial charge is 0.497 e. The molecule has 2 rings (SSSR count). The van der Waals surface area contributed by atoms with Crippen molar-refractivity contribution in [2.45, 2.75) is 20.4 Å². The monoisotopic (exact) mass is 368 g/mol. The van der Waals surface area contributed by atoms with Crippen molar-refractivity contribution in [3.05, 3.63) is 65.2 Å². The summed E-state index contributed by atoms with van der Waals surface area (Å²) in [4.78, 5) is 16.7. The van der Waals surface area contributed by atoms with Gasteiger partial charge in [-0.1, -0.05) is 29.8 Å². The SMILES string of the molecule is CCNC(=NCc1ccc(OC)cc1)NCCNC(=O)c1cccc(C)c1. The molecule has 0 saturated carbocycles. The molecule has 0 aromatic heterocycles. The zero-order valence-electron chi connectivity index (χ0n) is 16.2. The molecular weight excluding hydrogens is 340 g/mol. The molecule has 0 aliphatic heterocycles. The minimum atomic E-state index is -0.0688. The number of ether oxygens (including phenoxy) is 1. The first-order valence-corrected chi connectivity index (χ1v) is 9.12. The number of aliphatic imine (C=N–C) groups is 1. The van der Waals surface area contributed by atoms with Crippen LogP contribution < -0.4 is 20.7 Å². The van der Waals surface area contributed by atoms with Crippen LogP contribution in [0.25, 0.3) is 0 Å². The van der Waals surface area contributed by atoms with Gasteiger partial charge in [0, 0.05) is 25.2 Å². The lowest BCUT2D eigenvalue weighted by Crippen LogP contribution is -2.41. The van der Waals surface area contributed by atoms with Gasteiger partial charge in [-0.15, -0.1) is 0 Å². The summed E-state index contributed by atoms with van der Waals surface area (Å²) in [6.07, 6.45) is 0. The molecule has 1 amide bonds. The van der Waals surface area contributed by atoms with Crippen LogP contribution in [0.2, 0.25) is 0 Å². The highest BCUT2D eigenvalue weighted by atomic mass is 16.5. The molecule has 6 nitrogen and oxygen atoms in total. The van der Waals surface area contributed by atoms with Gasteiger partial charge in [0.25, 0.3) is 5.91 Å². The van der Waals surface area contributed by atoms with Crippen molar-refractivity contribution in [2.75, 3.05) is 26.7 Å². The summed E-state index contributed by atoms with van der Waals surface area (Å²) < 4.78 is 5.16. The Labute approximate surface area is 161 Å². The number of carbonyl (C=O) groups excluding carboxylic acids is 1. The number of benzene rings is 2. The molecule has 0 bridgehead atoms. The number of guanidine groups is 1. The van der Waals surface area contributed by atoms with Gasteiger partial charge in [0.2, 0.25) is 0 Å². The zero-order chi connectivity index (χ0) is 19.5. The molecule has 0 radical (unpaired) electrons. The molecule has 144 valence electrons. The van der Waals surface area contributed by atoms with E-state index in [0.717, 1.165) is 29.4 Å². The Morgan fingerprint density at radius 3 is 2.44 bits per heavy atom. The van der Waals surface area contributed by atoms with Crippen LogP contribution in [-0.4, -0.2) is 38.6 Å². The van der Waals surface area contributed by atoms with Crippen LogP contribution >= 0.6 is 0 Å². The second-order valence-electron chi connectivity index (χ2n) is 6.10. The topological polar surface area (TPSA) is 74.8 Å². The van der Waals surface area contributed by atoms with Crippen LogP contribution in [0.3, 0.4) is 0 Å². The first-order valence-electron chi connectivity index (χ1n) is 9.12. The number of aryl methyl sites for hydroxylation is 1. The fraction of sp³-hybridized carbons (Fsp3) is 0.333. The highest BCUT2D eigenvalue weighted by Gasteiger charge is 2.04. The van der Waals surface area contributed by atoms with Crippen molar-refractivity contribution >= 4 is 11.9 Å².